The summed E-state index contributed by atoms with van der Waals surface area (Å²) in [7, 11) is 0. The number of nitrogens with zero attached hydrogens (tertiary/aromatic N) is 1. The van der Waals surface area contributed by atoms with Crippen LogP contribution in [0.3, 0.4) is 0 Å². The normalized spacial score (nSPS) is 23.6. The number of cyclic esters (lactones) is 1. The van der Waals surface area contributed by atoms with Gasteiger partial charge < -0.3 is 4.74 Å². The van der Waals surface area contributed by atoms with Crippen LogP contribution >= 0.6 is 11.6 Å². The molecule has 1 saturated heterocycles. The molecule has 0 N–H and O–H groups in total. The van der Waals surface area contributed by atoms with E-state index in [1.165, 1.54) is 6.92 Å². The summed E-state index contributed by atoms with van der Waals surface area (Å²) in [5, 5.41) is 0. The molecule has 0 aromatic rings. The molecule has 1 fully saturated rings. The Kier molecular flexibility index (Phi) is 2.34. The lowest BCUT2D eigenvalue weighted by atomic mass is 10.4. The van der Waals surface area contributed by atoms with Crippen LogP contribution in [0.1, 0.15) is 6.92 Å². The molecule has 0 spiro atoms. The Morgan fingerprint density at radius 2 is 2.55 bits per heavy atom. The predicted molar refractivity (Wildman–Crippen MR) is 38.4 cm³/mol. The van der Waals surface area contributed by atoms with Gasteiger partial charge in [0, 0.05) is 6.92 Å². The molecule has 0 radical (unpaired) electrons. The summed E-state index contributed by atoms with van der Waals surface area (Å²) in [6, 6.07) is 0. The van der Waals surface area contributed by atoms with E-state index in [0.29, 0.717) is 0 Å². The molecular formula is C6H8ClNO3. The van der Waals surface area contributed by atoms with Crippen LogP contribution in [0.15, 0.2) is 0 Å². The van der Waals surface area contributed by atoms with Crippen LogP contribution in [-0.4, -0.2) is 35.4 Å². The Morgan fingerprint density at radius 1 is 1.91 bits per heavy atom. The van der Waals surface area contributed by atoms with Crippen molar-refractivity contribution in [2.24, 2.45) is 0 Å². The van der Waals surface area contributed by atoms with Gasteiger partial charge in [0.1, 0.15) is 6.10 Å². The summed E-state index contributed by atoms with van der Waals surface area (Å²) in [5.74, 6) is -0.0715. The van der Waals surface area contributed by atoms with Gasteiger partial charge in [-0.05, 0) is 0 Å². The molecule has 0 bridgehead atoms. The van der Waals surface area contributed by atoms with Gasteiger partial charge in [-0.1, -0.05) is 0 Å². The number of carbonyl (C=O) groups excluding carboxylic acids is 2. The fourth-order valence-corrected chi connectivity index (χ4v) is 1.02. The molecule has 0 aromatic heterocycles. The lowest BCUT2D eigenvalue weighted by molar-refractivity contribution is -0.125. The Morgan fingerprint density at radius 3 is 2.82 bits per heavy atom. The van der Waals surface area contributed by atoms with E-state index < -0.39 is 6.09 Å². The highest BCUT2D eigenvalue weighted by Crippen LogP contribution is 2.11. The largest absolute Gasteiger partial charge is 0.443 e. The Balaban J connectivity index is 2.59. The minimum Gasteiger partial charge on any atom is -0.443 e. The number of rotatable bonds is 1. The van der Waals surface area contributed by atoms with E-state index in [0.717, 1.165) is 4.90 Å². The second-order valence-corrected chi connectivity index (χ2v) is 2.60. The second kappa shape index (κ2) is 3.09. The number of hydrogen-bond donors (Lipinski definition) is 0. The molecule has 11 heavy (non-hydrogen) atoms. The van der Waals surface area contributed by atoms with Crippen LogP contribution in [0.2, 0.25) is 0 Å². The first-order valence-corrected chi connectivity index (χ1v) is 3.73. The lowest BCUT2D eigenvalue weighted by Crippen LogP contribution is -2.30. The van der Waals surface area contributed by atoms with Crippen LogP contribution in [0, 0.1) is 0 Å². The van der Waals surface area contributed by atoms with E-state index in [-0.39, 0.29) is 24.4 Å². The summed E-state index contributed by atoms with van der Waals surface area (Å²) in [4.78, 5) is 22.5. The Labute approximate surface area is 69.1 Å². The molecule has 0 aliphatic carbocycles. The molecule has 4 nitrogen and oxygen atoms in total. The average molecular weight is 178 g/mol. The molecule has 2 amide bonds. The van der Waals surface area contributed by atoms with Crippen LogP contribution < -0.4 is 0 Å². The van der Waals surface area contributed by atoms with Crippen molar-refractivity contribution in [3.63, 3.8) is 0 Å². The van der Waals surface area contributed by atoms with Gasteiger partial charge in [0.2, 0.25) is 5.91 Å². The molecule has 1 rings (SSSR count). The van der Waals surface area contributed by atoms with Crippen LogP contribution in [-0.2, 0) is 9.53 Å². The minimum absolute atomic E-state index is 0.232. The predicted octanol–water partition coefficient (Wildman–Crippen LogP) is 0.593. The summed E-state index contributed by atoms with van der Waals surface area (Å²) < 4.78 is 4.72. The van der Waals surface area contributed by atoms with Crippen molar-refractivity contribution >= 4 is 23.6 Å². The van der Waals surface area contributed by atoms with Crippen molar-refractivity contribution in [3.05, 3.63) is 0 Å². The number of halogens is 1. The van der Waals surface area contributed by atoms with Crippen molar-refractivity contribution in [1.29, 1.82) is 0 Å². The molecule has 0 saturated carbocycles. The third kappa shape index (κ3) is 1.63. The van der Waals surface area contributed by atoms with E-state index in [4.69, 9.17) is 16.3 Å². The van der Waals surface area contributed by atoms with Gasteiger partial charge in [-0.15, -0.1) is 11.6 Å². The lowest BCUT2D eigenvalue weighted by Gasteiger charge is -2.04. The van der Waals surface area contributed by atoms with Crippen molar-refractivity contribution < 1.29 is 14.3 Å². The number of hydrogen-bond acceptors (Lipinski definition) is 3. The Hall–Kier alpha value is -0.770. The highest BCUT2D eigenvalue weighted by Gasteiger charge is 2.32. The van der Waals surface area contributed by atoms with Gasteiger partial charge in [0.25, 0.3) is 0 Å². The molecule has 62 valence electrons. The van der Waals surface area contributed by atoms with Gasteiger partial charge in [-0.25, -0.2) is 9.69 Å². The zero-order chi connectivity index (χ0) is 8.43. The summed E-state index contributed by atoms with van der Waals surface area (Å²) in [5.41, 5.74) is 0. The quantitative estimate of drug-likeness (QED) is 0.551. The molecule has 1 unspecified atom stereocenters. The molecular weight excluding hydrogens is 170 g/mol. The third-order valence-corrected chi connectivity index (χ3v) is 1.77. The van der Waals surface area contributed by atoms with Gasteiger partial charge >= 0.3 is 6.09 Å². The zero-order valence-corrected chi connectivity index (χ0v) is 6.80. The van der Waals surface area contributed by atoms with Crippen molar-refractivity contribution in [2.45, 2.75) is 13.0 Å². The first-order chi connectivity index (χ1) is 5.15. The maximum Gasteiger partial charge on any atom is 0.417 e. The van der Waals surface area contributed by atoms with Gasteiger partial charge in [0.05, 0.1) is 12.4 Å². The monoisotopic (exact) mass is 177 g/mol. The standard InChI is InChI=1S/C6H8ClNO3/c1-4(9)8-3-5(2-7)11-6(8)10/h5H,2-3H2,1H3. The first kappa shape index (κ1) is 8.33. The van der Waals surface area contributed by atoms with E-state index in [9.17, 15) is 9.59 Å². The SMILES string of the molecule is CC(=O)N1CC(CCl)OC1=O. The zero-order valence-electron chi connectivity index (χ0n) is 6.04. The van der Waals surface area contributed by atoms with Crippen molar-refractivity contribution in [2.75, 3.05) is 12.4 Å². The minimum atomic E-state index is -0.594. The van der Waals surface area contributed by atoms with Crippen LogP contribution in [0.5, 0.6) is 0 Å². The van der Waals surface area contributed by atoms with E-state index in [2.05, 4.69) is 0 Å². The maximum atomic E-state index is 10.8. The fourth-order valence-electron chi connectivity index (χ4n) is 0.859. The smallest absolute Gasteiger partial charge is 0.417 e. The summed E-state index contributed by atoms with van der Waals surface area (Å²) in [6.45, 7) is 1.59. The molecule has 1 heterocycles. The molecule has 1 aliphatic heterocycles. The highest BCUT2D eigenvalue weighted by molar-refractivity contribution is 6.18. The van der Waals surface area contributed by atoms with E-state index in [1.807, 2.05) is 0 Å². The van der Waals surface area contributed by atoms with Crippen molar-refractivity contribution in [3.8, 4) is 0 Å². The summed E-state index contributed by atoms with van der Waals surface area (Å²) >= 11 is 5.43. The third-order valence-electron chi connectivity index (χ3n) is 1.43. The highest BCUT2D eigenvalue weighted by atomic mass is 35.5. The Bertz CT molecular complexity index is 194. The van der Waals surface area contributed by atoms with E-state index in [1.54, 1.807) is 0 Å². The number of alkyl halides is 1. The van der Waals surface area contributed by atoms with E-state index >= 15 is 0 Å². The molecule has 1 atom stereocenters. The number of carbonyl (C=O) groups is 2. The number of imide groups is 1. The number of ether oxygens (including phenoxy) is 1. The maximum absolute atomic E-state index is 10.8. The average Bonchev–Trinajstić information content (AvgIpc) is 2.30. The van der Waals surface area contributed by atoms with Gasteiger partial charge in [0.15, 0.2) is 0 Å². The van der Waals surface area contributed by atoms with Crippen LogP contribution in [0.25, 0.3) is 0 Å². The van der Waals surface area contributed by atoms with Gasteiger partial charge in [-0.2, -0.15) is 0 Å². The fraction of sp³-hybridized carbons (Fsp3) is 0.667. The van der Waals surface area contributed by atoms with Crippen LogP contribution in [0.4, 0.5) is 4.79 Å². The molecule has 5 heteroatoms. The second-order valence-electron chi connectivity index (χ2n) is 2.29. The summed E-state index contributed by atoms with van der Waals surface area (Å²) in [6.07, 6.45) is -0.934. The van der Waals surface area contributed by atoms with Gasteiger partial charge in [-0.3, -0.25) is 4.79 Å². The topological polar surface area (TPSA) is 46.6 Å². The first-order valence-electron chi connectivity index (χ1n) is 3.20. The molecule has 0 aromatic carbocycles. The van der Waals surface area contributed by atoms with Crippen molar-refractivity contribution in [1.82, 2.24) is 4.90 Å². The number of amides is 2. The molecule has 1 aliphatic rings.